The highest BCUT2D eigenvalue weighted by Crippen LogP contribution is 2.17. The van der Waals surface area contributed by atoms with Crippen LogP contribution in [0.25, 0.3) is 17.0 Å². The maximum Gasteiger partial charge on any atom is 0.340 e. The Balaban J connectivity index is 2.75. The quantitative estimate of drug-likeness (QED) is 0.810. The van der Waals surface area contributed by atoms with E-state index in [2.05, 4.69) is 4.98 Å². The van der Waals surface area contributed by atoms with Crippen molar-refractivity contribution in [3.05, 3.63) is 46.1 Å². The zero-order chi connectivity index (χ0) is 17.1. The number of pyridine rings is 2. The molecule has 0 saturated carbocycles. The maximum atomic E-state index is 12.6. The van der Waals surface area contributed by atoms with E-state index in [1.807, 2.05) is 32.8 Å². The molecule has 0 amide bonds. The first-order chi connectivity index (χ1) is 10.8. The van der Waals surface area contributed by atoms with Gasteiger partial charge >= 0.3 is 5.97 Å². The topological polar surface area (TPSA) is 64.4 Å². The van der Waals surface area contributed by atoms with Gasteiger partial charge in [-0.3, -0.25) is 4.79 Å². The van der Waals surface area contributed by atoms with Gasteiger partial charge in [-0.25, -0.2) is 9.78 Å². The highest BCUT2D eigenvalue weighted by molar-refractivity contribution is 5.97. The lowest BCUT2D eigenvalue weighted by atomic mass is 10.1. The minimum Gasteiger partial charge on any atom is -0.465 e. The first-order valence-corrected chi connectivity index (χ1v) is 7.34. The second kappa shape index (κ2) is 6.64. The number of esters is 1. The number of fused-ring (bicyclic) bond motifs is 1. The molecule has 0 fully saturated rings. The lowest BCUT2D eigenvalue weighted by Crippen LogP contribution is -2.22. The molecule has 0 aliphatic carbocycles. The molecule has 0 radical (unpaired) electrons. The van der Waals surface area contributed by atoms with Crippen LogP contribution in [0.15, 0.2) is 29.3 Å². The van der Waals surface area contributed by atoms with E-state index in [0.717, 1.165) is 0 Å². The first-order valence-electron chi connectivity index (χ1n) is 7.34. The van der Waals surface area contributed by atoms with Gasteiger partial charge in [0, 0.05) is 32.5 Å². The molecule has 0 aromatic carbocycles. The van der Waals surface area contributed by atoms with Crippen molar-refractivity contribution in [2.45, 2.75) is 19.9 Å². The molecule has 6 nitrogen and oxygen atoms in total. The number of ether oxygens (including phenoxy) is 1. The molecule has 0 atom stereocenters. The van der Waals surface area contributed by atoms with Crippen molar-refractivity contribution in [2.75, 3.05) is 21.2 Å². The zero-order valence-corrected chi connectivity index (χ0v) is 14.0. The largest absolute Gasteiger partial charge is 0.465 e. The van der Waals surface area contributed by atoms with E-state index >= 15 is 0 Å². The van der Waals surface area contributed by atoms with Crippen molar-refractivity contribution in [2.24, 2.45) is 0 Å². The molecule has 0 aliphatic rings. The molecule has 2 aromatic rings. The van der Waals surface area contributed by atoms with Crippen LogP contribution in [-0.2, 0) is 4.74 Å². The summed E-state index contributed by atoms with van der Waals surface area (Å²) in [4.78, 5) is 30.9. The number of hydrogen-bond acceptors (Lipinski definition) is 5. The molecule has 2 rings (SSSR count). The standard InChI is InChI=1S/C17H21N3O3/c1-11(2)20-9-7-14-12(16(20)21)10-13(17(22)23-5)15(18-14)6-8-19(3)4/h6-11H,1-5H3. The van der Waals surface area contributed by atoms with Crippen molar-refractivity contribution in [3.63, 3.8) is 0 Å². The zero-order valence-electron chi connectivity index (χ0n) is 14.0. The van der Waals surface area contributed by atoms with Gasteiger partial charge in [-0.2, -0.15) is 0 Å². The normalized spacial score (nSPS) is 11.4. The van der Waals surface area contributed by atoms with Crippen molar-refractivity contribution < 1.29 is 9.53 Å². The summed E-state index contributed by atoms with van der Waals surface area (Å²) in [5.74, 6) is -0.517. The highest BCUT2D eigenvalue weighted by atomic mass is 16.5. The molecular weight excluding hydrogens is 294 g/mol. The molecule has 0 N–H and O–H groups in total. The van der Waals surface area contributed by atoms with E-state index < -0.39 is 5.97 Å². The Labute approximate surface area is 135 Å². The Kier molecular flexibility index (Phi) is 4.83. The van der Waals surface area contributed by atoms with Crippen molar-refractivity contribution >= 4 is 22.9 Å². The van der Waals surface area contributed by atoms with Crippen LogP contribution in [0.3, 0.4) is 0 Å². The molecule has 2 aromatic heterocycles. The number of aromatic nitrogens is 2. The van der Waals surface area contributed by atoms with Crippen molar-refractivity contribution in [1.82, 2.24) is 14.5 Å². The van der Waals surface area contributed by atoms with E-state index in [1.54, 1.807) is 35.2 Å². The van der Waals surface area contributed by atoms with Crippen molar-refractivity contribution in [1.29, 1.82) is 0 Å². The summed E-state index contributed by atoms with van der Waals surface area (Å²) in [5, 5.41) is 0.406. The number of nitrogens with zero attached hydrogens (tertiary/aromatic N) is 3. The van der Waals surface area contributed by atoms with Crippen LogP contribution in [0.2, 0.25) is 0 Å². The second-order valence-corrected chi connectivity index (χ2v) is 5.75. The maximum absolute atomic E-state index is 12.6. The fraction of sp³-hybridized carbons (Fsp3) is 0.353. The molecule has 0 aliphatic heterocycles. The fourth-order valence-electron chi connectivity index (χ4n) is 2.23. The Morgan fingerprint density at radius 2 is 2.09 bits per heavy atom. The average Bonchev–Trinajstić information content (AvgIpc) is 2.51. The highest BCUT2D eigenvalue weighted by Gasteiger charge is 2.16. The molecular formula is C17H21N3O3. The molecule has 0 spiro atoms. The SMILES string of the molecule is COC(=O)c1cc2c(=O)n(C(C)C)ccc2nc1C=CN(C)C. The van der Waals surface area contributed by atoms with Crippen LogP contribution in [0.4, 0.5) is 0 Å². The lowest BCUT2D eigenvalue weighted by Gasteiger charge is -2.12. The average molecular weight is 315 g/mol. The number of carbonyl (C=O) groups is 1. The third-order valence-corrected chi connectivity index (χ3v) is 3.43. The monoisotopic (exact) mass is 315 g/mol. The van der Waals surface area contributed by atoms with Gasteiger partial charge in [-0.05, 0) is 32.1 Å². The van der Waals surface area contributed by atoms with Gasteiger partial charge in [0.15, 0.2) is 0 Å². The van der Waals surface area contributed by atoms with Crippen LogP contribution in [0.5, 0.6) is 0 Å². The van der Waals surface area contributed by atoms with Gasteiger partial charge in [0.1, 0.15) is 0 Å². The number of hydrogen-bond donors (Lipinski definition) is 0. The molecule has 122 valence electrons. The fourth-order valence-corrected chi connectivity index (χ4v) is 2.23. The molecule has 0 bridgehead atoms. The van der Waals surface area contributed by atoms with Gasteiger partial charge in [0.2, 0.25) is 0 Å². The molecule has 23 heavy (non-hydrogen) atoms. The minimum absolute atomic E-state index is 0.0294. The van der Waals surface area contributed by atoms with Crippen molar-refractivity contribution in [3.8, 4) is 0 Å². The van der Waals surface area contributed by atoms with Gasteiger partial charge in [0.05, 0.1) is 29.3 Å². The summed E-state index contributed by atoms with van der Waals surface area (Å²) in [7, 11) is 5.05. The molecule has 0 unspecified atom stereocenters. The Morgan fingerprint density at radius 1 is 1.39 bits per heavy atom. The molecule has 0 saturated heterocycles. The minimum atomic E-state index is -0.517. The summed E-state index contributed by atoms with van der Waals surface area (Å²) < 4.78 is 6.43. The smallest absolute Gasteiger partial charge is 0.340 e. The van der Waals surface area contributed by atoms with Crippen LogP contribution in [0.1, 0.15) is 35.9 Å². The van der Waals surface area contributed by atoms with Crippen LogP contribution in [-0.4, -0.2) is 41.6 Å². The molecule has 6 heteroatoms. The summed E-state index contributed by atoms with van der Waals surface area (Å²) in [6.45, 7) is 3.85. The Hall–Kier alpha value is -2.63. The number of methoxy groups -OCH3 is 1. The predicted molar refractivity (Wildman–Crippen MR) is 90.4 cm³/mol. The lowest BCUT2D eigenvalue weighted by molar-refractivity contribution is 0.0600. The van der Waals surface area contributed by atoms with E-state index in [4.69, 9.17) is 4.74 Å². The number of rotatable bonds is 4. The predicted octanol–water partition coefficient (Wildman–Crippen LogP) is 2.30. The Bertz CT molecular complexity index is 820. The first kappa shape index (κ1) is 16.7. The summed E-state index contributed by atoms with van der Waals surface area (Å²) in [5.41, 5.74) is 1.13. The number of carbonyl (C=O) groups excluding carboxylic acids is 1. The Morgan fingerprint density at radius 3 is 2.65 bits per heavy atom. The van der Waals surface area contributed by atoms with Crippen LogP contribution < -0.4 is 5.56 Å². The molecule has 2 heterocycles. The third-order valence-electron chi connectivity index (χ3n) is 3.43. The van der Waals surface area contributed by atoms with Gasteiger partial charge in [-0.1, -0.05) is 0 Å². The van der Waals surface area contributed by atoms with Crippen LogP contribution in [0, 0.1) is 0 Å². The second-order valence-electron chi connectivity index (χ2n) is 5.75. The summed E-state index contributed by atoms with van der Waals surface area (Å²) in [6.07, 6.45) is 5.23. The summed E-state index contributed by atoms with van der Waals surface area (Å²) >= 11 is 0. The van der Waals surface area contributed by atoms with E-state index in [-0.39, 0.29) is 17.2 Å². The van der Waals surface area contributed by atoms with E-state index in [9.17, 15) is 9.59 Å². The van der Waals surface area contributed by atoms with Crippen LogP contribution >= 0.6 is 0 Å². The third kappa shape index (κ3) is 3.41. The van der Waals surface area contributed by atoms with E-state index in [0.29, 0.717) is 16.6 Å². The van der Waals surface area contributed by atoms with Gasteiger partial charge in [0.25, 0.3) is 5.56 Å². The summed E-state index contributed by atoms with van der Waals surface area (Å²) in [6, 6.07) is 3.37. The van der Waals surface area contributed by atoms with Gasteiger partial charge in [-0.15, -0.1) is 0 Å². The van der Waals surface area contributed by atoms with E-state index in [1.165, 1.54) is 7.11 Å². The van der Waals surface area contributed by atoms with Gasteiger partial charge < -0.3 is 14.2 Å².